The van der Waals surface area contributed by atoms with Gasteiger partial charge in [-0.2, -0.15) is 0 Å². The van der Waals surface area contributed by atoms with E-state index in [9.17, 15) is 4.79 Å². The second-order valence-electron chi connectivity index (χ2n) is 7.26. The summed E-state index contributed by atoms with van der Waals surface area (Å²) in [6.45, 7) is 6.72. The summed E-state index contributed by atoms with van der Waals surface area (Å²) < 4.78 is 10.5. The number of amides is 1. The first-order chi connectivity index (χ1) is 11.9. The first-order valence-electron chi connectivity index (χ1n) is 9.22. The van der Waals surface area contributed by atoms with E-state index in [-0.39, 0.29) is 11.9 Å². The van der Waals surface area contributed by atoms with Gasteiger partial charge in [0.1, 0.15) is 11.5 Å². The van der Waals surface area contributed by atoms with Crippen LogP contribution >= 0.6 is 0 Å². The molecule has 0 aliphatic heterocycles. The largest absolute Gasteiger partial charge is 0.497 e. The Morgan fingerprint density at radius 1 is 1.24 bits per heavy atom. The van der Waals surface area contributed by atoms with Crippen molar-refractivity contribution in [1.82, 2.24) is 5.32 Å². The van der Waals surface area contributed by atoms with Crippen molar-refractivity contribution >= 4 is 11.6 Å². The van der Waals surface area contributed by atoms with Crippen molar-refractivity contribution < 1.29 is 14.3 Å². The third kappa shape index (κ3) is 5.36. The van der Waals surface area contributed by atoms with Crippen LogP contribution in [0, 0.1) is 11.8 Å². The van der Waals surface area contributed by atoms with Crippen molar-refractivity contribution in [2.45, 2.75) is 58.5 Å². The number of carbonyl (C=O) groups is 1. The molecule has 1 aliphatic rings. The van der Waals surface area contributed by atoms with Gasteiger partial charge in [-0.15, -0.1) is 0 Å². The van der Waals surface area contributed by atoms with Crippen LogP contribution in [0.25, 0.3) is 0 Å². The number of hydrogen-bond acceptors (Lipinski definition) is 4. The molecule has 140 valence electrons. The lowest BCUT2D eigenvalue weighted by atomic mass is 9.78. The van der Waals surface area contributed by atoms with Crippen LogP contribution < -0.4 is 20.1 Å². The minimum Gasteiger partial charge on any atom is -0.497 e. The molecule has 1 saturated carbocycles. The molecule has 1 amide bonds. The highest BCUT2D eigenvalue weighted by molar-refractivity contribution is 5.92. The average molecular weight is 348 g/mol. The highest BCUT2D eigenvalue weighted by atomic mass is 16.5. The first kappa shape index (κ1) is 19.6. The fourth-order valence-electron chi connectivity index (χ4n) is 3.63. The highest BCUT2D eigenvalue weighted by Gasteiger charge is 2.28. The van der Waals surface area contributed by atoms with Gasteiger partial charge >= 0.3 is 0 Å². The molecule has 2 N–H and O–H groups in total. The van der Waals surface area contributed by atoms with Gasteiger partial charge in [-0.05, 0) is 37.3 Å². The third-order valence-electron chi connectivity index (χ3n) is 5.38. The zero-order chi connectivity index (χ0) is 18.4. The van der Waals surface area contributed by atoms with E-state index in [2.05, 4.69) is 31.4 Å². The lowest BCUT2D eigenvalue weighted by Crippen LogP contribution is -2.45. The van der Waals surface area contributed by atoms with Crippen molar-refractivity contribution in [3.8, 4) is 11.5 Å². The predicted octanol–water partition coefficient (Wildman–Crippen LogP) is 3.84. The summed E-state index contributed by atoms with van der Waals surface area (Å²) in [5, 5.41) is 6.59. The van der Waals surface area contributed by atoms with Crippen LogP contribution in [0.1, 0.15) is 46.5 Å². The Morgan fingerprint density at radius 2 is 2.00 bits per heavy atom. The second kappa shape index (κ2) is 9.09. The third-order valence-corrected chi connectivity index (χ3v) is 5.38. The monoisotopic (exact) mass is 348 g/mol. The molecule has 0 radical (unpaired) electrons. The smallest absolute Gasteiger partial charge is 0.226 e. The number of nitrogens with one attached hydrogen (secondary N) is 2. The van der Waals surface area contributed by atoms with Crippen LogP contribution in [0.3, 0.4) is 0 Å². The quantitative estimate of drug-likeness (QED) is 0.786. The molecule has 5 heteroatoms. The zero-order valence-electron chi connectivity index (χ0n) is 16.1. The molecule has 4 atom stereocenters. The number of anilines is 1. The van der Waals surface area contributed by atoms with Gasteiger partial charge in [0.05, 0.1) is 19.9 Å². The van der Waals surface area contributed by atoms with E-state index >= 15 is 0 Å². The lowest BCUT2D eigenvalue weighted by Gasteiger charge is -2.36. The molecule has 1 aliphatic carbocycles. The summed E-state index contributed by atoms with van der Waals surface area (Å²) in [7, 11) is 3.19. The standard InChI is InChI=1S/C20H32N2O3/c1-13-7-6-8-17(15(13)3)21-14(2)11-20(23)22-18-12-16(24-4)9-10-19(18)25-5/h9-10,12-15,17,21H,6-8,11H2,1-5H3,(H,22,23). The minimum absolute atomic E-state index is 0.0249. The van der Waals surface area contributed by atoms with Crippen molar-refractivity contribution in [1.29, 1.82) is 0 Å². The Bertz CT molecular complexity index is 576. The summed E-state index contributed by atoms with van der Waals surface area (Å²) in [5.74, 6) is 2.69. The summed E-state index contributed by atoms with van der Waals surface area (Å²) in [4.78, 5) is 12.4. The summed E-state index contributed by atoms with van der Waals surface area (Å²) in [6.07, 6.45) is 4.20. The van der Waals surface area contributed by atoms with Crippen molar-refractivity contribution in [2.75, 3.05) is 19.5 Å². The fourth-order valence-corrected chi connectivity index (χ4v) is 3.63. The van der Waals surface area contributed by atoms with E-state index in [1.165, 1.54) is 19.3 Å². The van der Waals surface area contributed by atoms with E-state index in [0.29, 0.717) is 35.6 Å². The van der Waals surface area contributed by atoms with Crippen LogP contribution in [0.4, 0.5) is 5.69 Å². The Labute approximate surface area is 151 Å². The van der Waals surface area contributed by atoms with E-state index in [4.69, 9.17) is 9.47 Å². The number of ether oxygens (including phenoxy) is 2. The molecule has 1 aromatic rings. The van der Waals surface area contributed by atoms with E-state index in [1.807, 2.05) is 6.07 Å². The van der Waals surface area contributed by atoms with E-state index in [0.717, 1.165) is 5.92 Å². The maximum atomic E-state index is 12.4. The number of benzene rings is 1. The molecule has 0 spiro atoms. The number of carbonyl (C=O) groups excluding carboxylic acids is 1. The second-order valence-corrected chi connectivity index (χ2v) is 7.26. The number of methoxy groups -OCH3 is 2. The van der Waals surface area contributed by atoms with Crippen molar-refractivity contribution in [3.63, 3.8) is 0 Å². The van der Waals surface area contributed by atoms with Crippen LogP contribution in [-0.4, -0.2) is 32.2 Å². The van der Waals surface area contributed by atoms with Gasteiger partial charge in [-0.25, -0.2) is 0 Å². The maximum absolute atomic E-state index is 12.4. The van der Waals surface area contributed by atoms with E-state index < -0.39 is 0 Å². The molecule has 25 heavy (non-hydrogen) atoms. The average Bonchev–Trinajstić information content (AvgIpc) is 2.58. The maximum Gasteiger partial charge on any atom is 0.226 e. The normalized spacial score (nSPS) is 24.4. The molecule has 2 rings (SSSR count). The van der Waals surface area contributed by atoms with Crippen LogP contribution in [-0.2, 0) is 4.79 Å². The molecule has 1 fully saturated rings. The Hall–Kier alpha value is -1.75. The molecule has 4 unspecified atom stereocenters. The predicted molar refractivity (Wildman–Crippen MR) is 101 cm³/mol. The molecule has 0 saturated heterocycles. The van der Waals surface area contributed by atoms with Gasteiger partial charge in [0.25, 0.3) is 0 Å². The highest BCUT2D eigenvalue weighted by Crippen LogP contribution is 2.30. The Balaban J connectivity index is 1.91. The molecule has 1 aromatic carbocycles. The summed E-state index contributed by atoms with van der Waals surface area (Å²) in [6, 6.07) is 6.01. The zero-order valence-corrected chi connectivity index (χ0v) is 16.1. The van der Waals surface area contributed by atoms with Gasteiger partial charge in [-0.3, -0.25) is 4.79 Å². The summed E-state index contributed by atoms with van der Waals surface area (Å²) >= 11 is 0. The Kier molecular flexibility index (Phi) is 7.12. The topological polar surface area (TPSA) is 59.6 Å². The van der Waals surface area contributed by atoms with Crippen LogP contribution in [0.5, 0.6) is 11.5 Å². The molecule has 0 aromatic heterocycles. The van der Waals surface area contributed by atoms with Crippen LogP contribution in [0.15, 0.2) is 18.2 Å². The van der Waals surface area contributed by atoms with Crippen molar-refractivity contribution in [3.05, 3.63) is 18.2 Å². The number of rotatable bonds is 7. The molecular weight excluding hydrogens is 316 g/mol. The SMILES string of the molecule is COc1ccc(OC)c(NC(=O)CC(C)NC2CCCC(C)C2C)c1. The van der Waals surface area contributed by atoms with Gasteiger partial charge in [0.15, 0.2) is 0 Å². The molecular formula is C20H32N2O3. The minimum atomic E-state index is -0.0249. The van der Waals surface area contributed by atoms with Gasteiger partial charge in [-0.1, -0.05) is 26.7 Å². The number of hydrogen-bond donors (Lipinski definition) is 2. The molecule has 5 nitrogen and oxygen atoms in total. The van der Waals surface area contributed by atoms with Crippen molar-refractivity contribution in [2.24, 2.45) is 11.8 Å². The summed E-state index contributed by atoms with van der Waals surface area (Å²) in [5.41, 5.74) is 0.638. The first-order valence-corrected chi connectivity index (χ1v) is 9.22. The van der Waals surface area contributed by atoms with Gasteiger partial charge in [0.2, 0.25) is 5.91 Å². The fraction of sp³-hybridized carbons (Fsp3) is 0.650. The Morgan fingerprint density at radius 3 is 2.68 bits per heavy atom. The van der Waals surface area contributed by atoms with Gasteiger partial charge in [0, 0.05) is 24.6 Å². The van der Waals surface area contributed by atoms with Crippen LogP contribution in [0.2, 0.25) is 0 Å². The van der Waals surface area contributed by atoms with Gasteiger partial charge < -0.3 is 20.1 Å². The molecule has 0 bridgehead atoms. The lowest BCUT2D eigenvalue weighted by molar-refractivity contribution is -0.116. The molecule has 0 heterocycles. The van der Waals surface area contributed by atoms with E-state index in [1.54, 1.807) is 26.4 Å².